The molecule has 1 aliphatic rings. The van der Waals surface area contributed by atoms with Gasteiger partial charge in [-0.2, -0.15) is 0 Å². The van der Waals surface area contributed by atoms with Crippen LogP contribution < -0.4 is 10.6 Å². The number of hydrogen-bond acceptors (Lipinski definition) is 3. The van der Waals surface area contributed by atoms with Gasteiger partial charge in [-0.1, -0.05) is 43.7 Å². The lowest BCUT2D eigenvalue weighted by Crippen LogP contribution is -2.47. The first kappa shape index (κ1) is 20.7. The van der Waals surface area contributed by atoms with Crippen LogP contribution in [-0.4, -0.2) is 75.7 Å². The Balaban J connectivity index is 1.70. The van der Waals surface area contributed by atoms with E-state index in [4.69, 9.17) is 0 Å². The Kier molecular flexibility index (Phi) is 8.39. The Morgan fingerprint density at radius 3 is 2.46 bits per heavy atom. The summed E-state index contributed by atoms with van der Waals surface area (Å²) in [6, 6.07) is 8.74. The first-order valence-electron chi connectivity index (χ1n) is 9.90. The zero-order valence-electron chi connectivity index (χ0n) is 17.3. The largest absolute Gasteiger partial charge is 0.356 e. The van der Waals surface area contributed by atoms with E-state index in [-0.39, 0.29) is 0 Å². The zero-order chi connectivity index (χ0) is 18.9. The molecular formula is C21H37N5. The molecule has 2 atom stereocenters. The van der Waals surface area contributed by atoms with Crippen molar-refractivity contribution in [3.63, 3.8) is 0 Å². The molecule has 5 nitrogen and oxygen atoms in total. The maximum atomic E-state index is 4.37. The van der Waals surface area contributed by atoms with Gasteiger partial charge in [0.2, 0.25) is 0 Å². The highest BCUT2D eigenvalue weighted by atomic mass is 15.2. The summed E-state index contributed by atoms with van der Waals surface area (Å²) in [7, 11) is 4.05. The summed E-state index contributed by atoms with van der Waals surface area (Å²) in [5, 5.41) is 6.96. The van der Waals surface area contributed by atoms with Gasteiger partial charge < -0.3 is 20.4 Å². The van der Waals surface area contributed by atoms with E-state index in [1.54, 1.807) is 0 Å². The Bertz CT molecular complexity index is 563. The number of piperazine rings is 1. The molecule has 0 radical (unpaired) electrons. The van der Waals surface area contributed by atoms with Crippen molar-refractivity contribution in [1.29, 1.82) is 0 Å². The van der Waals surface area contributed by atoms with Crippen molar-refractivity contribution in [3.8, 4) is 0 Å². The smallest absolute Gasteiger partial charge is 0.191 e. The normalized spacial score (nSPS) is 19.2. The van der Waals surface area contributed by atoms with Gasteiger partial charge >= 0.3 is 0 Å². The Morgan fingerprint density at radius 2 is 1.81 bits per heavy atom. The molecule has 1 saturated heterocycles. The fourth-order valence-electron chi connectivity index (χ4n) is 3.37. The predicted molar refractivity (Wildman–Crippen MR) is 112 cm³/mol. The van der Waals surface area contributed by atoms with Crippen molar-refractivity contribution in [1.82, 2.24) is 20.4 Å². The number of benzene rings is 1. The zero-order valence-corrected chi connectivity index (χ0v) is 17.3. The highest BCUT2D eigenvalue weighted by Gasteiger charge is 2.16. The molecule has 146 valence electrons. The molecule has 2 unspecified atom stereocenters. The van der Waals surface area contributed by atoms with Crippen molar-refractivity contribution in [2.45, 2.75) is 26.7 Å². The Hall–Kier alpha value is -1.59. The minimum atomic E-state index is 0.455. The highest BCUT2D eigenvalue weighted by molar-refractivity contribution is 5.79. The predicted octanol–water partition coefficient (Wildman–Crippen LogP) is 2.15. The minimum absolute atomic E-state index is 0.455. The SMILES string of the molecule is CN=C(NCC(C)CN1CCN(C)CC1)NCC(C)c1cccc(C)c1. The second-order valence-corrected chi connectivity index (χ2v) is 7.86. The summed E-state index contributed by atoms with van der Waals surface area (Å²) in [6.45, 7) is 14.4. The molecule has 1 aromatic rings. The second-order valence-electron chi connectivity index (χ2n) is 7.86. The average molecular weight is 360 g/mol. The molecule has 1 heterocycles. The number of aryl methyl sites for hydroxylation is 1. The Labute approximate surface area is 159 Å². The van der Waals surface area contributed by atoms with E-state index in [2.05, 4.69) is 77.5 Å². The molecule has 0 saturated carbocycles. The summed E-state index contributed by atoms with van der Waals surface area (Å²) in [5.41, 5.74) is 2.69. The molecule has 0 amide bonds. The van der Waals surface area contributed by atoms with Crippen molar-refractivity contribution >= 4 is 5.96 Å². The number of rotatable bonds is 7. The lowest BCUT2D eigenvalue weighted by Gasteiger charge is -2.34. The monoisotopic (exact) mass is 359 g/mol. The van der Waals surface area contributed by atoms with Crippen molar-refractivity contribution < 1.29 is 0 Å². The van der Waals surface area contributed by atoms with E-state index in [1.807, 2.05) is 7.05 Å². The van der Waals surface area contributed by atoms with Crippen LogP contribution in [0.15, 0.2) is 29.3 Å². The summed E-state index contributed by atoms with van der Waals surface area (Å²) >= 11 is 0. The van der Waals surface area contributed by atoms with Crippen LogP contribution in [0.25, 0.3) is 0 Å². The molecule has 0 bridgehead atoms. The number of nitrogens with one attached hydrogen (secondary N) is 2. The number of likely N-dealkylation sites (N-methyl/N-ethyl adjacent to an activating group) is 1. The Morgan fingerprint density at radius 1 is 1.12 bits per heavy atom. The molecule has 2 rings (SSSR count). The van der Waals surface area contributed by atoms with Crippen molar-refractivity contribution in [2.24, 2.45) is 10.9 Å². The summed E-state index contributed by atoms with van der Waals surface area (Å²) in [5.74, 6) is 1.96. The van der Waals surface area contributed by atoms with Crippen LogP contribution in [0.3, 0.4) is 0 Å². The van der Waals surface area contributed by atoms with Crippen LogP contribution in [-0.2, 0) is 0 Å². The van der Waals surface area contributed by atoms with E-state index < -0.39 is 0 Å². The molecule has 5 heteroatoms. The molecule has 0 spiro atoms. The van der Waals surface area contributed by atoms with Gasteiger partial charge in [-0.3, -0.25) is 4.99 Å². The van der Waals surface area contributed by atoms with Gasteiger partial charge in [0.25, 0.3) is 0 Å². The van der Waals surface area contributed by atoms with E-state index in [1.165, 1.54) is 37.3 Å². The van der Waals surface area contributed by atoms with Crippen LogP contribution in [0.2, 0.25) is 0 Å². The maximum Gasteiger partial charge on any atom is 0.191 e. The molecular weight excluding hydrogens is 322 g/mol. The van der Waals surface area contributed by atoms with Gasteiger partial charge in [-0.25, -0.2) is 0 Å². The average Bonchev–Trinajstić information content (AvgIpc) is 2.63. The third kappa shape index (κ3) is 6.96. The van der Waals surface area contributed by atoms with E-state index in [0.717, 1.165) is 25.6 Å². The summed E-state index contributed by atoms with van der Waals surface area (Å²) in [6.07, 6.45) is 0. The van der Waals surface area contributed by atoms with Crippen LogP contribution >= 0.6 is 0 Å². The van der Waals surface area contributed by atoms with Gasteiger partial charge in [-0.05, 0) is 31.4 Å². The van der Waals surface area contributed by atoms with Gasteiger partial charge in [0.05, 0.1) is 0 Å². The lowest BCUT2D eigenvalue weighted by molar-refractivity contribution is 0.139. The van der Waals surface area contributed by atoms with Crippen LogP contribution in [0.4, 0.5) is 0 Å². The third-order valence-electron chi connectivity index (χ3n) is 5.19. The highest BCUT2D eigenvalue weighted by Crippen LogP contribution is 2.15. The lowest BCUT2D eigenvalue weighted by atomic mass is 9.99. The number of nitrogens with zero attached hydrogens (tertiary/aromatic N) is 3. The van der Waals surface area contributed by atoms with Crippen molar-refractivity contribution in [3.05, 3.63) is 35.4 Å². The number of hydrogen-bond donors (Lipinski definition) is 2. The summed E-state index contributed by atoms with van der Waals surface area (Å²) in [4.78, 5) is 9.35. The van der Waals surface area contributed by atoms with Crippen molar-refractivity contribution in [2.75, 3.05) is 59.9 Å². The molecule has 2 N–H and O–H groups in total. The molecule has 1 aliphatic heterocycles. The molecule has 1 fully saturated rings. The third-order valence-corrected chi connectivity index (χ3v) is 5.19. The molecule has 0 aromatic heterocycles. The second kappa shape index (κ2) is 10.5. The van der Waals surface area contributed by atoms with Gasteiger partial charge in [0.1, 0.15) is 0 Å². The van der Waals surface area contributed by atoms with Gasteiger partial charge in [0.15, 0.2) is 5.96 Å². The first-order chi connectivity index (χ1) is 12.5. The fraction of sp³-hybridized carbons (Fsp3) is 0.667. The molecule has 26 heavy (non-hydrogen) atoms. The van der Waals surface area contributed by atoms with Gasteiger partial charge in [0, 0.05) is 52.9 Å². The fourth-order valence-corrected chi connectivity index (χ4v) is 3.37. The quantitative estimate of drug-likeness (QED) is 0.578. The minimum Gasteiger partial charge on any atom is -0.356 e. The van der Waals surface area contributed by atoms with Crippen LogP contribution in [0.5, 0.6) is 0 Å². The molecule has 0 aliphatic carbocycles. The van der Waals surface area contributed by atoms with E-state index in [9.17, 15) is 0 Å². The molecule has 1 aromatic carbocycles. The van der Waals surface area contributed by atoms with Gasteiger partial charge in [-0.15, -0.1) is 0 Å². The standard InChI is InChI=1S/C21H37N5/c1-17-7-6-8-20(13-17)19(3)15-24-21(22-4)23-14-18(2)16-26-11-9-25(5)10-12-26/h6-8,13,18-19H,9-12,14-16H2,1-5H3,(H2,22,23,24). The van der Waals surface area contributed by atoms with Crippen LogP contribution in [0.1, 0.15) is 30.9 Å². The number of guanidine groups is 1. The summed E-state index contributed by atoms with van der Waals surface area (Å²) < 4.78 is 0. The first-order valence-corrected chi connectivity index (χ1v) is 9.90. The topological polar surface area (TPSA) is 42.9 Å². The van der Waals surface area contributed by atoms with Crippen LogP contribution in [0, 0.1) is 12.8 Å². The number of aliphatic imine (C=N–C) groups is 1. The maximum absolute atomic E-state index is 4.37. The van der Waals surface area contributed by atoms with E-state index >= 15 is 0 Å². The van der Waals surface area contributed by atoms with E-state index in [0.29, 0.717) is 11.8 Å².